The van der Waals surface area contributed by atoms with Gasteiger partial charge in [-0.15, -0.1) is 5.54 Å². The van der Waals surface area contributed by atoms with Crippen LogP contribution in [0.3, 0.4) is 0 Å². The maximum absolute atomic E-state index is 3.33. The fourth-order valence-corrected chi connectivity index (χ4v) is 5.85. The van der Waals surface area contributed by atoms with Crippen molar-refractivity contribution in [1.82, 2.24) is 0 Å². The summed E-state index contributed by atoms with van der Waals surface area (Å²) in [6, 6.07) is 37.5. The Balaban J connectivity index is 1.92. The minimum Gasteiger partial charge on any atom is -0.372 e. The van der Waals surface area contributed by atoms with E-state index in [0.717, 1.165) is 37.3 Å². The van der Waals surface area contributed by atoms with Crippen LogP contribution in [0, 0.1) is 23.3 Å². The standard InChI is InChI=1S/C41H46N2Si/c1-8-42(9-2)38-28-24-36(25-29-38)41(37-26-30-39(31-27-37)43(10-3)11-4)40(34-18-13-12-14-19-34)35-22-20-33(21-23-35)17-15-16-32-44(5,6)7/h12-14,18-31H,8-11H2,1-7H3. The van der Waals surface area contributed by atoms with Crippen LogP contribution in [0.4, 0.5) is 11.4 Å². The van der Waals surface area contributed by atoms with Crippen LogP contribution in [0.1, 0.15) is 55.5 Å². The Kier molecular flexibility index (Phi) is 11.3. The predicted octanol–water partition coefficient (Wildman–Crippen LogP) is 9.62. The van der Waals surface area contributed by atoms with Crippen LogP contribution in [0.2, 0.25) is 19.6 Å². The first-order valence-electron chi connectivity index (χ1n) is 15.9. The van der Waals surface area contributed by atoms with E-state index >= 15 is 0 Å². The number of hydrogen-bond acceptors (Lipinski definition) is 2. The van der Waals surface area contributed by atoms with Gasteiger partial charge >= 0.3 is 0 Å². The second-order valence-electron chi connectivity index (χ2n) is 11.9. The van der Waals surface area contributed by atoms with Crippen molar-refractivity contribution >= 4 is 30.6 Å². The molecule has 0 saturated heterocycles. The second-order valence-corrected chi connectivity index (χ2v) is 16.6. The molecule has 44 heavy (non-hydrogen) atoms. The van der Waals surface area contributed by atoms with Gasteiger partial charge in [0.15, 0.2) is 0 Å². The quantitative estimate of drug-likeness (QED) is 0.102. The van der Waals surface area contributed by atoms with Gasteiger partial charge < -0.3 is 9.80 Å². The molecule has 0 aliphatic carbocycles. The zero-order valence-corrected chi connectivity index (χ0v) is 28.5. The third kappa shape index (κ3) is 8.34. The smallest absolute Gasteiger partial charge is 0.130 e. The second kappa shape index (κ2) is 15.3. The van der Waals surface area contributed by atoms with Crippen LogP contribution in [-0.4, -0.2) is 34.3 Å². The van der Waals surface area contributed by atoms with Crippen LogP contribution >= 0.6 is 0 Å². The maximum Gasteiger partial charge on any atom is 0.130 e. The highest BCUT2D eigenvalue weighted by atomic mass is 28.3. The molecule has 0 radical (unpaired) electrons. The topological polar surface area (TPSA) is 6.48 Å². The van der Waals surface area contributed by atoms with Crippen LogP contribution in [0.5, 0.6) is 0 Å². The molecule has 3 heteroatoms. The van der Waals surface area contributed by atoms with Gasteiger partial charge in [-0.1, -0.05) is 92.3 Å². The molecule has 4 aromatic carbocycles. The number of rotatable bonds is 10. The normalized spacial score (nSPS) is 10.6. The summed E-state index contributed by atoms with van der Waals surface area (Å²) >= 11 is 0. The Morgan fingerprint density at radius 2 is 0.886 bits per heavy atom. The zero-order valence-electron chi connectivity index (χ0n) is 27.5. The SMILES string of the molecule is CCN(CC)c1ccc(C(=C(c2ccccc2)c2ccc(C#CC#C[Si](C)(C)C)cc2)c2ccc(N(CC)CC)cc2)cc1. The average molecular weight is 595 g/mol. The fourth-order valence-electron chi connectivity index (χ4n) is 5.41. The van der Waals surface area contributed by atoms with Gasteiger partial charge in [0.25, 0.3) is 0 Å². The largest absolute Gasteiger partial charge is 0.372 e. The molecule has 0 N–H and O–H groups in total. The lowest BCUT2D eigenvalue weighted by atomic mass is 9.85. The Morgan fingerprint density at radius 1 is 0.500 bits per heavy atom. The van der Waals surface area contributed by atoms with Gasteiger partial charge in [-0.25, -0.2) is 0 Å². The van der Waals surface area contributed by atoms with Crippen molar-refractivity contribution in [2.45, 2.75) is 47.3 Å². The Morgan fingerprint density at radius 3 is 1.27 bits per heavy atom. The Hall–Kier alpha value is -4.44. The molecule has 0 atom stereocenters. The molecule has 0 unspecified atom stereocenters. The lowest BCUT2D eigenvalue weighted by molar-refractivity contribution is 0.866. The van der Waals surface area contributed by atoms with Gasteiger partial charge in [0, 0.05) is 43.1 Å². The molecular formula is C41H46N2Si. The van der Waals surface area contributed by atoms with Gasteiger partial charge in [-0.2, -0.15) is 0 Å². The molecule has 4 aromatic rings. The summed E-state index contributed by atoms with van der Waals surface area (Å²) in [5, 5.41) is 0. The molecular weight excluding hydrogens is 549 g/mol. The van der Waals surface area contributed by atoms with E-state index in [1.165, 1.54) is 39.2 Å². The van der Waals surface area contributed by atoms with E-state index in [-0.39, 0.29) is 0 Å². The first-order chi connectivity index (χ1) is 21.3. The third-order valence-electron chi connectivity index (χ3n) is 7.76. The van der Waals surface area contributed by atoms with Gasteiger partial charge in [0.1, 0.15) is 8.07 Å². The van der Waals surface area contributed by atoms with Gasteiger partial charge in [-0.05, 0) is 109 Å². The van der Waals surface area contributed by atoms with Crippen molar-refractivity contribution in [2.75, 3.05) is 36.0 Å². The van der Waals surface area contributed by atoms with Crippen molar-refractivity contribution in [3.05, 3.63) is 131 Å². The van der Waals surface area contributed by atoms with Gasteiger partial charge in [0.2, 0.25) is 0 Å². The lowest BCUT2D eigenvalue weighted by Gasteiger charge is -2.23. The molecule has 2 nitrogen and oxygen atoms in total. The molecule has 0 fully saturated rings. The van der Waals surface area contributed by atoms with Gasteiger partial charge in [0.05, 0.1) is 0 Å². The molecule has 0 aliphatic heterocycles. The number of anilines is 2. The third-order valence-corrected chi connectivity index (χ3v) is 8.64. The molecule has 0 spiro atoms. The van der Waals surface area contributed by atoms with Crippen molar-refractivity contribution in [1.29, 1.82) is 0 Å². The summed E-state index contributed by atoms with van der Waals surface area (Å²) in [7, 11) is -1.44. The summed E-state index contributed by atoms with van der Waals surface area (Å²) in [6.45, 7) is 19.5. The highest BCUT2D eigenvalue weighted by molar-refractivity contribution is 6.83. The number of nitrogens with zero attached hydrogens (tertiary/aromatic N) is 2. The summed E-state index contributed by atoms with van der Waals surface area (Å²) in [5.41, 5.74) is 13.9. The highest BCUT2D eigenvalue weighted by Gasteiger charge is 2.17. The molecule has 0 heterocycles. The minimum absolute atomic E-state index is 0.972. The van der Waals surface area contributed by atoms with Crippen molar-refractivity contribution in [3.8, 4) is 23.3 Å². The molecule has 0 bridgehead atoms. The summed E-state index contributed by atoms with van der Waals surface area (Å²) in [5.74, 6) is 9.38. The summed E-state index contributed by atoms with van der Waals surface area (Å²) < 4.78 is 0. The molecule has 0 saturated carbocycles. The Labute approximate surface area is 267 Å². The zero-order chi connectivity index (χ0) is 31.5. The first kappa shape index (κ1) is 32.5. The first-order valence-corrected chi connectivity index (χ1v) is 19.4. The molecule has 0 aliphatic rings. The van der Waals surface area contributed by atoms with E-state index in [0.29, 0.717) is 0 Å². The van der Waals surface area contributed by atoms with Crippen molar-refractivity contribution < 1.29 is 0 Å². The van der Waals surface area contributed by atoms with Gasteiger partial charge in [-0.3, -0.25) is 0 Å². The molecule has 0 aromatic heterocycles. The number of benzene rings is 4. The van der Waals surface area contributed by atoms with E-state index in [1.807, 2.05) is 0 Å². The fraction of sp³-hybridized carbons (Fsp3) is 0.268. The van der Waals surface area contributed by atoms with Crippen LogP contribution in [0.15, 0.2) is 103 Å². The monoisotopic (exact) mass is 594 g/mol. The van der Waals surface area contributed by atoms with E-state index in [4.69, 9.17) is 0 Å². The Bertz CT molecular complexity index is 1590. The summed E-state index contributed by atoms with van der Waals surface area (Å²) in [6.07, 6.45) is 0. The molecule has 224 valence electrons. The molecule has 4 rings (SSSR count). The maximum atomic E-state index is 3.33. The minimum atomic E-state index is -1.44. The van der Waals surface area contributed by atoms with E-state index in [1.54, 1.807) is 0 Å². The summed E-state index contributed by atoms with van der Waals surface area (Å²) in [4.78, 5) is 4.77. The van der Waals surface area contributed by atoms with E-state index in [9.17, 15) is 0 Å². The van der Waals surface area contributed by atoms with E-state index < -0.39 is 8.07 Å². The lowest BCUT2D eigenvalue weighted by Crippen LogP contribution is -2.21. The predicted molar refractivity (Wildman–Crippen MR) is 196 cm³/mol. The van der Waals surface area contributed by atoms with Crippen LogP contribution in [-0.2, 0) is 0 Å². The molecule has 0 amide bonds. The van der Waals surface area contributed by atoms with Crippen molar-refractivity contribution in [2.24, 2.45) is 0 Å². The number of hydrogen-bond donors (Lipinski definition) is 0. The average Bonchev–Trinajstić information content (AvgIpc) is 3.04. The van der Waals surface area contributed by atoms with Crippen LogP contribution in [0.25, 0.3) is 11.1 Å². The van der Waals surface area contributed by atoms with Crippen LogP contribution < -0.4 is 9.80 Å². The highest BCUT2D eigenvalue weighted by Crippen LogP contribution is 2.38. The van der Waals surface area contributed by atoms with E-state index in [2.05, 4.69) is 184 Å². The van der Waals surface area contributed by atoms with Crippen molar-refractivity contribution in [3.63, 3.8) is 0 Å².